The van der Waals surface area contributed by atoms with E-state index >= 15 is 0 Å². The van der Waals surface area contributed by atoms with Gasteiger partial charge in [0.15, 0.2) is 5.82 Å². The highest BCUT2D eigenvalue weighted by Crippen LogP contribution is 2.34. The van der Waals surface area contributed by atoms with Crippen LogP contribution in [0.1, 0.15) is 19.8 Å². The average Bonchev–Trinajstić information content (AvgIpc) is 2.28. The summed E-state index contributed by atoms with van der Waals surface area (Å²) < 4.78 is 18.9. The van der Waals surface area contributed by atoms with Gasteiger partial charge in [-0.25, -0.2) is 4.39 Å². The van der Waals surface area contributed by atoms with E-state index in [0.29, 0.717) is 6.04 Å². The zero-order chi connectivity index (χ0) is 13.1. The Kier molecular flexibility index (Phi) is 3.76. The molecule has 1 aromatic carbocycles. The van der Waals surface area contributed by atoms with Gasteiger partial charge in [0, 0.05) is 12.1 Å². The molecule has 98 valence electrons. The fraction of sp³-hybridized carbons (Fsp3) is 0.500. The number of hydrogen-bond donors (Lipinski definition) is 1. The molecule has 1 aliphatic rings. The monoisotopic (exact) mass is 254 g/mol. The molecule has 1 fully saturated rings. The highest BCUT2D eigenvalue weighted by molar-refractivity contribution is 5.47. The lowest BCUT2D eigenvalue weighted by molar-refractivity contribution is -0.386. The number of nitro groups is 1. The molecule has 2 rings (SSSR count). The minimum atomic E-state index is -0.684. The van der Waals surface area contributed by atoms with Gasteiger partial charge in [-0.1, -0.05) is 13.0 Å². The molecular formula is C12H15FN2O3. The van der Waals surface area contributed by atoms with Crippen LogP contribution in [0, 0.1) is 15.9 Å². The average molecular weight is 254 g/mol. The van der Waals surface area contributed by atoms with Crippen LogP contribution >= 0.6 is 0 Å². The standard InChI is InChI=1S/C12H15FN2O3/c1-2-14-8-6-9(7-8)18-12-10(13)4-3-5-11(12)15(16)17/h3-5,8-9,14H,2,6-7H2,1H3. The lowest BCUT2D eigenvalue weighted by Gasteiger charge is -2.35. The van der Waals surface area contributed by atoms with Crippen molar-refractivity contribution in [1.82, 2.24) is 5.32 Å². The number of ether oxygens (including phenoxy) is 1. The normalized spacial score (nSPS) is 22.3. The maximum atomic E-state index is 13.5. The van der Waals surface area contributed by atoms with Crippen LogP contribution in [-0.4, -0.2) is 23.6 Å². The smallest absolute Gasteiger partial charge is 0.314 e. The Labute approximate surface area is 104 Å². The summed E-state index contributed by atoms with van der Waals surface area (Å²) >= 11 is 0. The highest BCUT2D eigenvalue weighted by Gasteiger charge is 2.32. The summed E-state index contributed by atoms with van der Waals surface area (Å²) in [4.78, 5) is 10.1. The second kappa shape index (κ2) is 5.30. The molecule has 0 unspecified atom stereocenters. The molecule has 0 bridgehead atoms. The van der Waals surface area contributed by atoms with Crippen molar-refractivity contribution in [2.45, 2.75) is 31.9 Å². The van der Waals surface area contributed by atoms with E-state index in [4.69, 9.17) is 4.74 Å². The highest BCUT2D eigenvalue weighted by atomic mass is 19.1. The summed E-state index contributed by atoms with van der Waals surface area (Å²) in [6.07, 6.45) is 1.35. The molecule has 0 aliphatic heterocycles. The number of halogens is 1. The largest absolute Gasteiger partial charge is 0.481 e. The Morgan fingerprint density at radius 3 is 2.89 bits per heavy atom. The third kappa shape index (κ3) is 2.59. The van der Waals surface area contributed by atoms with Gasteiger partial charge in [-0.15, -0.1) is 0 Å². The molecular weight excluding hydrogens is 239 g/mol. The molecule has 0 amide bonds. The number of hydrogen-bond acceptors (Lipinski definition) is 4. The minimum absolute atomic E-state index is 0.148. The van der Waals surface area contributed by atoms with Crippen molar-refractivity contribution < 1.29 is 14.1 Å². The summed E-state index contributed by atoms with van der Waals surface area (Å²) in [6.45, 7) is 2.88. The SMILES string of the molecule is CCNC1CC(Oc2c(F)cccc2[N+](=O)[O-])C1. The third-order valence-corrected chi connectivity index (χ3v) is 3.02. The van der Waals surface area contributed by atoms with E-state index in [-0.39, 0.29) is 17.5 Å². The van der Waals surface area contributed by atoms with Crippen LogP contribution in [-0.2, 0) is 0 Å². The molecule has 0 spiro atoms. The first kappa shape index (κ1) is 12.8. The predicted octanol–water partition coefficient (Wildman–Crippen LogP) is 2.25. The molecule has 0 heterocycles. The van der Waals surface area contributed by atoms with Crippen molar-refractivity contribution in [3.05, 3.63) is 34.1 Å². The van der Waals surface area contributed by atoms with Crippen LogP contribution in [0.2, 0.25) is 0 Å². The van der Waals surface area contributed by atoms with E-state index in [1.54, 1.807) is 0 Å². The Balaban J connectivity index is 2.04. The number of nitro benzene ring substituents is 1. The first-order chi connectivity index (χ1) is 8.61. The number of benzene rings is 1. The van der Waals surface area contributed by atoms with Crippen molar-refractivity contribution in [1.29, 1.82) is 0 Å². The number of rotatable bonds is 5. The number of nitrogens with one attached hydrogen (secondary N) is 1. The number of para-hydroxylation sites is 1. The van der Waals surface area contributed by atoms with Gasteiger partial charge in [0.05, 0.1) is 4.92 Å². The molecule has 5 nitrogen and oxygen atoms in total. The van der Waals surface area contributed by atoms with Gasteiger partial charge in [0.1, 0.15) is 6.10 Å². The lowest BCUT2D eigenvalue weighted by Crippen LogP contribution is -2.46. The molecule has 1 saturated carbocycles. The molecule has 0 aromatic heterocycles. The maximum absolute atomic E-state index is 13.5. The quantitative estimate of drug-likeness (QED) is 0.646. The van der Waals surface area contributed by atoms with Gasteiger partial charge in [-0.3, -0.25) is 10.1 Å². The summed E-state index contributed by atoms with van der Waals surface area (Å²) in [5.41, 5.74) is -0.318. The third-order valence-electron chi connectivity index (χ3n) is 3.02. The van der Waals surface area contributed by atoms with Gasteiger partial charge >= 0.3 is 5.69 Å². The molecule has 1 N–H and O–H groups in total. The fourth-order valence-electron chi connectivity index (χ4n) is 2.04. The molecule has 0 radical (unpaired) electrons. The van der Waals surface area contributed by atoms with E-state index in [0.717, 1.165) is 19.4 Å². The Bertz CT molecular complexity index is 447. The second-order valence-electron chi connectivity index (χ2n) is 4.31. The van der Waals surface area contributed by atoms with Crippen LogP contribution in [0.15, 0.2) is 18.2 Å². The van der Waals surface area contributed by atoms with Crippen LogP contribution < -0.4 is 10.1 Å². The minimum Gasteiger partial charge on any atom is -0.481 e. The topological polar surface area (TPSA) is 64.4 Å². The van der Waals surface area contributed by atoms with Gasteiger partial charge in [0.25, 0.3) is 0 Å². The second-order valence-corrected chi connectivity index (χ2v) is 4.31. The fourth-order valence-corrected chi connectivity index (χ4v) is 2.04. The first-order valence-corrected chi connectivity index (χ1v) is 5.94. The molecule has 1 aromatic rings. The van der Waals surface area contributed by atoms with Gasteiger partial charge in [0.2, 0.25) is 5.75 Å². The maximum Gasteiger partial charge on any atom is 0.314 e. The Morgan fingerprint density at radius 2 is 2.28 bits per heavy atom. The predicted molar refractivity (Wildman–Crippen MR) is 64.2 cm³/mol. The Morgan fingerprint density at radius 1 is 1.56 bits per heavy atom. The van der Waals surface area contributed by atoms with Gasteiger partial charge in [-0.05, 0) is 25.5 Å². The lowest BCUT2D eigenvalue weighted by atomic mass is 9.89. The molecule has 6 heteroatoms. The van der Waals surface area contributed by atoms with Crippen LogP contribution in [0.5, 0.6) is 5.75 Å². The summed E-state index contributed by atoms with van der Waals surface area (Å²) in [6, 6.07) is 4.09. The zero-order valence-electron chi connectivity index (χ0n) is 10.1. The van der Waals surface area contributed by atoms with Gasteiger partial charge < -0.3 is 10.1 Å². The van der Waals surface area contributed by atoms with E-state index in [1.165, 1.54) is 18.2 Å². The summed E-state index contributed by atoms with van der Waals surface area (Å²) in [5, 5.41) is 14.0. The zero-order valence-corrected chi connectivity index (χ0v) is 10.1. The summed E-state index contributed by atoms with van der Waals surface area (Å²) in [5.74, 6) is -0.932. The van der Waals surface area contributed by atoms with Crippen molar-refractivity contribution in [2.75, 3.05) is 6.54 Å². The molecule has 0 saturated heterocycles. The Hall–Kier alpha value is -1.69. The van der Waals surface area contributed by atoms with E-state index < -0.39 is 10.7 Å². The van der Waals surface area contributed by atoms with Crippen molar-refractivity contribution in [2.24, 2.45) is 0 Å². The number of nitrogens with zero attached hydrogens (tertiary/aromatic N) is 1. The van der Waals surface area contributed by atoms with Crippen molar-refractivity contribution in [3.8, 4) is 5.75 Å². The molecule has 0 atom stereocenters. The van der Waals surface area contributed by atoms with E-state index in [1.807, 2.05) is 6.92 Å². The summed E-state index contributed by atoms with van der Waals surface area (Å²) in [7, 11) is 0. The van der Waals surface area contributed by atoms with Crippen LogP contribution in [0.4, 0.5) is 10.1 Å². The van der Waals surface area contributed by atoms with Crippen molar-refractivity contribution >= 4 is 5.69 Å². The van der Waals surface area contributed by atoms with E-state index in [9.17, 15) is 14.5 Å². The van der Waals surface area contributed by atoms with Crippen LogP contribution in [0.3, 0.4) is 0 Å². The molecule has 1 aliphatic carbocycles. The van der Waals surface area contributed by atoms with E-state index in [2.05, 4.69) is 5.32 Å². The molecule has 18 heavy (non-hydrogen) atoms. The van der Waals surface area contributed by atoms with Crippen molar-refractivity contribution in [3.63, 3.8) is 0 Å². The van der Waals surface area contributed by atoms with Gasteiger partial charge in [-0.2, -0.15) is 0 Å². The first-order valence-electron chi connectivity index (χ1n) is 5.94. The van der Waals surface area contributed by atoms with Crippen LogP contribution in [0.25, 0.3) is 0 Å².